The molecule has 3 aromatic rings. The third-order valence-corrected chi connectivity index (χ3v) is 6.43. The fourth-order valence-corrected chi connectivity index (χ4v) is 4.45. The van der Waals surface area contributed by atoms with Crippen molar-refractivity contribution in [1.82, 2.24) is 10.3 Å². The number of carbonyl (C=O) groups is 1. The molecule has 3 rings (SSSR count). The molecule has 2 aromatic carbocycles. The van der Waals surface area contributed by atoms with E-state index >= 15 is 0 Å². The highest BCUT2D eigenvalue weighted by atomic mass is 32.2. The van der Waals surface area contributed by atoms with Crippen LogP contribution in [0.15, 0.2) is 60.8 Å². The van der Waals surface area contributed by atoms with Gasteiger partial charge in [0.25, 0.3) is 0 Å². The van der Waals surface area contributed by atoms with Crippen molar-refractivity contribution in [2.24, 2.45) is 0 Å². The molecule has 1 amide bonds. The van der Waals surface area contributed by atoms with Crippen LogP contribution in [0.4, 0.5) is 5.69 Å². The monoisotopic (exact) mass is 459 g/mol. The molecule has 31 heavy (non-hydrogen) atoms. The largest absolute Gasteiger partial charge is 0.357 e. The van der Waals surface area contributed by atoms with Gasteiger partial charge in [-0.05, 0) is 42.5 Å². The van der Waals surface area contributed by atoms with Crippen LogP contribution in [-0.4, -0.2) is 23.9 Å². The van der Waals surface area contributed by atoms with Crippen LogP contribution in [0.5, 0.6) is 0 Å². The van der Waals surface area contributed by atoms with E-state index in [-0.39, 0.29) is 17.6 Å². The molecule has 7 nitrogen and oxygen atoms in total. The van der Waals surface area contributed by atoms with E-state index in [0.717, 1.165) is 27.4 Å². The van der Waals surface area contributed by atoms with E-state index in [4.69, 9.17) is 4.55 Å². The maximum Gasteiger partial charge on any atom is 0.357 e. The number of carbonyl (C=O) groups excluding carboxylic acids is 1. The average molecular weight is 460 g/mol. The summed E-state index contributed by atoms with van der Waals surface area (Å²) in [5.41, 5.74) is 2.28. The molecular weight excluding hydrogens is 434 g/mol. The molecule has 1 heterocycles. The van der Waals surface area contributed by atoms with Crippen molar-refractivity contribution in [2.45, 2.75) is 38.6 Å². The predicted molar refractivity (Wildman–Crippen MR) is 122 cm³/mol. The molecule has 0 unspecified atom stereocenters. The second kappa shape index (κ2) is 10.5. The minimum atomic E-state index is -4.32. The van der Waals surface area contributed by atoms with Crippen LogP contribution in [-0.2, 0) is 34.4 Å². The number of nitrogens with zero attached hydrogens (tertiary/aromatic N) is 1. The molecule has 9 heteroatoms. The topological polar surface area (TPSA) is 108 Å². The highest BCUT2D eigenvalue weighted by molar-refractivity contribution is 7.87. The van der Waals surface area contributed by atoms with Gasteiger partial charge in [-0.3, -0.25) is 14.1 Å². The number of nitrogens with one attached hydrogen (secondary N) is 2. The summed E-state index contributed by atoms with van der Waals surface area (Å²) in [5.74, 6) is -0.0493. The van der Waals surface area contributed by atoms with E-state index < -0.39 is 10.3 Å². The van der Waals surface area contributed by atoms with Crippen LogP contribution in [0.1, 0.15) is 40.4 Å². The first kappa shape index (κ1) is 22.9. The molecule has 1 atom stereocenters. The summed E-state index contributed by atoms with van der Waals surface area (Å²) < 4.78 is 32.8. The first-order valence-corrected chi connectivity index (χ1v) is 12.2. The Morgan fingerprint density at radius 2 is 1.81 bits per heavy atom. The zero-order chi connectivity index (χ0) is 22.3. The molecule has 0 spiro atoms. The van der Waals surface area contributed by atoms with Gasteiger partial charge in [0.05, 0.1) is 11.7 Å². The Bertz CT molecular complexity index is 1100. The van der Waals surface area contributed by atoms with Gasteiger partial charge in [-0.2, -0.15) is 8.42 Å². The van der Waals surface area contributed by atoms with Crippen molar-refractivity contribution >= 4 is 33.2 Å². The van der Waals surface area contributed by atoms with Gasteiger partial charge < -0.3 is 5.32 Å². The quantitative estimate of drug-likeness (QED) is 0.398. The summed E-state index contributed by atoms with van der Waals surface area (Å²) in [6, 6.07) is 16.2. The fourth-order valence-electron chi connectivity index (χ4n) is 3.11. The minimum absolute atomic E-state index is 0.0493. The Balaban J connectivity index is 1.69. The van der Waals surface area contributed by atoms with Gasteiger partial charge in [-0.25, -0.2) is 4.98 Å². The second-order valence-electron chi connectivity index (χ2n) is 7.10. The first-order valence-electron chi connectivity index (χ1n) is 9.94. The van der Waals surface area contributed by atoms with Crippen molar-refractivity contribution in [3.8, 4) is 0 Å². The molecule has 0 saturated heterocycles. The lowest BCUT2D eigenvalue weighted by atomic mass is 10.0. The van der Waals surface area contributed by atoms with Gasteiger partial charge >= 0.3 is 10.3 Å². The number of hydrogen-bond donors (Lipinski definition) is 3. The van der Waals surface area contributed by atoms with Crippen LogP contribution < -0.4 is 10.0 Å². The summed E-state index contributed by atoms with van der Waals surface area (Å²) in [4.78, 5) is 18.3. The van der Waals surface area contributed by atoms with Crippen molar-refractivity contribution in [3.63, 3.8) is 0 Å². The zero-order valence-corrected chi connectivity index (χ0v) is 18.7. The standard InChI is InChI=1S/C22H25N3O4S2/c1-2-19-15-23-22(30-19)20(24-21(26)13-10-16-6-4-3-5-7-16)14-17-8-11-18(12-9-17)25-31(27,28)29/h3-9,11-12,15,20,25H,2,10,13-14H2,1H3,(H,24,26)(H,27,28,29)/t20-/m0/s1. The minimum Gasteiger partial charge on any atom is -0.347 e. The molecule has 0 bridgehead atoms. The van der Waals surface area contributed by atoms with Crippen molar-refractivity contribution in [2.75, 3.05) is 4.72 Å². The number of rotatable bonds is 10. The molecule has 0 aliphatic heterocycles. The summed E-state index contributed by atoms with van der Waals surface area (Å²) >= 11 is 1.58. The van der Waals surface area contributed by atoms with E-state index in [9.17, 15) is 13.2 Å². The van der Waals surface area contributed by atoms with Crippen LogP contribution in [0, 0.1) is 0 Å². The number of amides is 1. The van der Waals surface area contributed by atoms with Crippen molar-refractivity contribution in [1.29, 1.82) is 0 Å². The molecule has 3 N–H and O–H groups in total. The fraction of sp³-hybridized carbons (Fsp3) is 0.273. The highest BCUT2D eigenvalue weighted by Gasteiger charge is 2.19. The maximum absolute atomic E-state index is 12.6. The summed E-state index contributed by atoms with van der Waals surface area (Å²) in [6.45, 7) is 2.06. The van der Waals surface area contributed by atoms with Crippen LogP contribution >= 0.6 is 11.3 Å². The predicted octanol–water partition coefficient (Wildman–Crippen LogP) is 3.95. The number of hydrogen-bond acceptors (Lipinski definition) is 5. The smallest absolute Gasteiger partial charge is 0.347 e. The van der Waals surface area contributed by atoms with Gasteiger partial charge in [-0.15, -0.1) is 11.3 Å². The van der Waals surface area contributed by atoms with Gasteiger partial charge in [0.1, 0.15) is 5.01 Å². The van der Waals surface area contributed by atoms with E-state index in [2.05, 4.69) is 17.2 Å². The second-order valence-corrected chi connectivity index (χ2v) is 9.40. The molecule has 0 fully saturated rings. The Morgan fingerprint density at radius 1 is 1.10 bits per heavy atom. The van der Waals surface area contributed by atoms with Gasteiger partial charge in [0.15, 0.2) is 0 Å². The van der Waals surface area contributed by atoms with E-state index in [0.29, 0.717) is 19.3 Å². The third kappa shape index (κ3) is 7.46. The first-order chi connectivity index (χ1) is 14.8. The molecule has 0 aliphatic rings. The lowest BCUT2D eigenvalue weighted by molar-refractivity contribution is -0.121. The summed E-state index contributed by atoms with van der Waals surface area (Å²) in [6.07, 6.45) is 4.27. The number of aromatic nitrogens is 1. The molecule has 0 aliphatic carbocycles. The Labute approximate surface area is 186 Å². The summed E-state index contributed by atoms with van der Waals surface area (Å²) in [5, 5.41) is 3.94. The average Bonchev–Trinajstić information content (AvgIpc) is 3.22. The van der Waals surface area contributed by atoms with Crippen molar-refractivity contribution in [3.05, 3.63) is 81.8 Å². The number of benzene rings is 2. The molecular formula is C22H25N3O4S2. The zero-order valence-electron chi connectivity index (χ0n) is 17.1. The lowest BCUT2D eigenvalue weighted by Crippen LogP contribution is -2.30. The Morgan fingerprint density at radius 3 is 2.42 bits per heavy atom. The highest BCUT2D eigenvalue weighted by Crippen LogP contribution is 2.25. The van der Waals surface area contributed by atoms with Crippen LogP contribution in [0.25, 0.3) is 0 Å². The molecule has 0 saturated carbocycles. The van der Waals surface area contributed by atoms with Gasteiger partial charge in [0, 0.05) is 17.5 Å². The Hall–Kier alpha value is -2.75. The van der Waals surface area contributed by atoms with Crippen LogP contribution in [0.2, 0.25) is 0 Å². The lowest BCUT2D eigenvalue weighted by Gasteiger charge is -2.17. The van der Waals surface area contributed by atoms with Crippen molar-refractivity contribution < 1.29 is 17.8 Å². The maximum atomic E-state index is 12.6. The van der Waals surface area contributed by atoms with Crippen LogP contribution in [0.3, 0.4) is 0 Å². The number of aryl methyl sites for hydroxylation is 2. The number of anilines is 1. The molecule has 1 aromatic heterocycles. The normalized spacial score (nSPS) is 12.3. The molecule has 164 valence electrons. The van der Waals surface area contributed by atoms with Gasteiger partial charge in [-0.1, -0.05) is 49.4 Å². The number of thiazole rings is 1. The molecule has 0 radical (unpaired) electrons. The summed E-state index contributed by atoms with van der Waals surface area (Å²) in [7, 11) is -4.32. The van der Waals surface area contributed by atoms with E-state index in [1.54, 1.807) is 35.6 Å². The SMILES string of the molecule is CCc1cnc([C@H](Cc2ccc(NS(=O)(=O)O)cc2)NC(=O)CCc2ccccc2)s1. The van der Waals surface area contributed by atoms with E-state index in [1.807, 2.05) is 41.3 Å². The van der Waals surface area contributed by atoms with Gasteiger partial charge in [0.2, 0.25) is 5.91 Å². The Kier molecular flexibility index (Phi) is 7.78. The van der Waals surface area contributed by atoms with E-state index in [1.165, 1.54) is 0 Å². The third-order valence-electron chi connectivity index (χ3n) is 4.68.